The van der Waals surface area contributed by atoms with Crippen LogP contribution in [0.4, 0.5) is 0 Å². The average Bonchev–Trinajstić information content (AvgIpc) is 2.25. The predicted octanol–water partition coefficient (Wildman–Crippen LogP) is 1.90. The first-order valence-corrected chi connectivity index (χ1v) is 5.44. The van der Waals surface area contributed by atoms with Gasteiger partial charge >= 0.3 is 0 Å². The van der Waals surface area contributed by atoms with Gasteiger partial charge in [0.2, 0.25) is 0 Å². The van der Waals surface area contributed by atoms with Crippen LogP contribution in [0.15, 0.2) is 18.5 Å². The largest absolute Gasteiger partial charge is 0.380 e. The summed E-state index contributed by atoms with van der Waals surface area (Å²) in [5.41, 5.74) is 2.53. The zero-order valence-corrected chi connectivity index (χ0v) is 9.79. The summed E-state index contributed by atoms with van der Waals surface area (Å²) in [5.74, 6) is 0. The number of ether oxygens (including phenoxy) is 1. The highest BCUT2D eigenvalue weighted by Crippen LogP contribution is 2.04. The number of rotatable bonds is 6. The van der Waals surface area contributed by atoms with Gasteiger partial charge in [0.15, 0.2) is 0 Å². The molecular weight excluding hydrogens is 188 g/mol. The van der Waals surface area contributed by atoms with Gasteiger partial charge in [0, 0.05) is 31.6 Å². The van der Waals surface area contributed by atoms with Crippen molar-refractivity contribution in [2.45, 2.75) is 33.4 Å². The van der Waals surface area contributed by atoms with Crippen LogP contribution in [0.25, 0.3) is 0 Å². The summed E-state index contributed by atoms with van der Waals surface area (Å²) in [6.45, 7) is 8.65. The molecule has 0 saturated carbocycles. The molecule has 1 heterocycles. The fourth-order valence-electron chi connectivity index (χ4n) is 1.34. The topological polar surface area (TPSA) is 34.1 Å². The fraction of sp³-hybridized carbons (Fsp3) is 0.583. The van der Waals surface area contributed by atoms with E-state index in [1.807, 2.05) is 19.3 Å². The monoisotopic (exact) mass is 208 g/mol. The highest BCUT2D eigenvalue weighted by Gasteiger charge is 2.02. The lowest BCUT2D eigenvalue weighted by Crippen LogP contribution is -2.30. The van der Waals surface area contributed by atoms with Crippen molar-refractivity contribution < 1.29 is 4.74 Å². The van der Waals surface area contributed by atoms with Gasteiger partial charge in [-0.05, 0) is 38.0 Å². The highest BCUT2D eigenvalue weighted by molar-refractivity contribution is 5.21. The minimum Gasteiger partial charge on any atom is -0.380 e. The summed E-state index contributed by atoms with van der Waals surface area (Å²) in [4.78, 5) is 4.07. The zero-order valence-electron chi connectivity index (χ0n) is 9.79. The van der Waals surface area contributed by atoms with Gasteiger partial charge in [-0.25, -0.2) is 0 Å². The molecule has 0 radical (unpaired) electrons. The lowest BCUT2D eigenvalue weighted by Gasteiger charge is -2.14. The van der Waals surface area contributed by atoms with E-state index in [1.54, 1.807) is 0 Å². The molecule has 0 aliphatic rings. The van der Waals surface area contributed by atoms with Crippen LogP contribution in [-0.4, -0.2) is 24.2 Å². The van der Waals surface area contributed by atoms with Crippen LogP contribution in [0.3, 0.4) is 0 Å². The molecule has 0 aliphatic carbocycles. The molecule has 1 aromatic heterocycles. The summed E-state index contributed by atoms with van der Waals surface area (Å²) in [6, 6.07) is 2.44. The molecule has 0 aromatic carbocycles. The second kappa shape index (κ2) is 6.53. The van der Waals surface area contributed by atoms with E-state index in [4.69, 9.17) is 4.74 Å². The molecule has 0 amide bonds. The van der Waals surface area contributed by atoms with Gasteiger partial charge in [-0.2, -0.15) is 0 Å². The number of hydrogen-bond donors (Lipinski definition) is 1. The standard InChI is InChI=1S/C12H20N2O/c1-4-15-9-11(3)14-8-12-5-6-13-7-10(12)2/h5-7,11,14H,4,8-9H2,1-3H3. The number of aromatic nitrogens is 1. The van der Waals surface area contributed by atoms with E-state index in [2.05, 4.69) is 30.2 Å². The van der Waals surface area contributed by atoms with E-state index < -0.39 is 0 Å². The average molecular weight is 208 g/mol. The Kier molecular flexibility index (Phi) is 5.29. The smallest absolute Gasteiger partial charge is 0.0616 e. The first-order chi connectivity index (χ1) is 7.24. The minimum absolute atomic E-state index is 0.387. The molecule has 84 valence electrons. The Morgan fingerprint density at radius 3 is 3.00 bits per heavy atom. The van der Waals surface area contributed by atoms with E-state index in [0.717, 1.165) is 19.8 Å². The third-order valence-corrected chi connectivity index (χ3v) is 2.35. The zero-order chi connectivity index (χ0) is 11.1. The molecule has 15 heavy (non-hydrogen) atoms. The summed E-state index contributed by atoms with van der Waals surface area (Å²) in [7, 11) is 0. The molecule has 3 nitrogen and oxygen atoms in total. The maximum atomic E-state index is 5.34. The van der Waals surface area contributed by atoms with E-state index in [-0.39, 0.29) is 0 Å². The molecular formula is C12H20N2O. The molecule has 0 bridgehead atoms. The van der Waals surface area contributed by atoms with Crippen molar-refractivity contribution in [2.24, 2.45) is 0 Å². The van der Waals surface area contributed by atoms with Crippen molar-refractivity contribution in [3.8, 4) is 0 Å². The van der Waals surface area contributed by atoms with Gasteiger partial charge in [-0.15, -0.1) is 0 Å². The van der Waals surface area contributed by atoms with Crippen LogP contribution in [0.5, 0.6) is 0 Å². The Hall–Kier alpha value is -0.930. The Bertz CT molecular complexity index is 289. The van der Waals surface area contributed by atoms with Gasteiger partial charge in [0.1, 0.15) is 0 Å². The third-order valence-electron chi connectivity index (χ3n) is 2.35. The van der Waals surface area contributed by atoms with Crippen molar-refractivity contribution in [2.75, 3.05) is 13.2 Å². The normalized spacial score (nSPS) is 12.7. The Labute approximate surface area is 91.9 Å². The van der Waals surface area contributed by atoms with E-state index >= 15 is 0 Å². The van der Waals surface area contributed by atoms with E-state index in [1.165, 1.54) is 11.1 Å². The fourth-order valence-corrected chi connectivity index (χ4v) is 1.34. The maximum absolute atomic E-state index is 5.34. The van der Waals surface area contributed by atoms with Crippen LogP contribution in [0.2, 0.25) is 0 Å². The predicted molar refractivity (Wildman–Crippen MR) is 61.8 cm³/mol. The van der Waals surface area contributed by atoms with Gasteiger partial charge < -0.3 is 10.1 Å². The van der Waals surface area contributed by atoms with E-state index in [9.17, 15) is 0 Å². The Morgan fingerprint density at radius 2 is 2.33 bits per heavy atom. The summed E-state index contributed by atoms with van der Waals surface area (Å²) in [5, 5.41) is 3.42. The number of hydrogen-bond acceptors (Lipinski definition) is 3. The van der Waals surface area contributed by atoms with Crippen LogP contribution in [0.1, 0.15) is 25.0 Å². The maximum Gasteiger partial charge on any atom is 0.0616 e. The van der Waals surface area contributed by atoms with Crippen molar-refractivity contribution >= 4 is 0 Å². The second-order valence-electron chi connectivity index (χ2n) is 3.74. The van der Waals surface area contributed by atoms with Crippen LogP contribution in [-0.2, 0) is 11.3 Å². The molecule has 1 N–H and O–H groups in total. The highest BCUT2D eigenvalue weighted by atomic mass is 16.5. The van der Waals surface area contributed by atoms with Gasteiger partial charge in [-0.3, -0.25) is 4.98 Å². The number of pyridine rings is 1. The lowest BCUT2D eigenvalue weighted by molar-refractivity contribution is 0.127. The van der Waals surface area contributed by atoms with Crippen LogP contribution >= 0.6 is 0 Å². The molecule has 1 aromatic rings. The Balaban J connectivity index is 2.33. The summed E-state index contributed by atoms with van der Waals surface area (Å²) in [6.07, 6.45) is 3.72. The minimum atomic E-state index is 0.387. The summed E-state index contributed by atoms with van der Waals surface area (Å²) < 4.78 is 5.34. The first-order valence-electron chi connectivity index (χ1n) is 5.44. The Morgan fingerprint density at radius 1 is 1.53 bits per heavy atom. The molecule has 1 unspecified atom stereocenters. The summed E-state index contributed by atoms with van der Waals surface area (Å²) >= 11 is 0. The van der Waals surface area contributed by atoms with E-state index in [0.29, 0.717) is 6.04 Å². The molecule has 0 aliphatic heterocycles. The number of nitrogens with one attached hydrogen (secondary N) is 1. The first kappa shape index (κ1) is 12.1. The van der Waals surface area contributed by atoms with Crippen molar-refractivity contribution in [1.82, 2.24) is 10.3 Å². The quantitative estimate of drug-likeness (QED) is 0.775. The number of nitrogens with zero attached hydrogens (tertiary/aromatic N) is 1. The van der Waals surface area contributed by atoms with Gasteiger partial charge in [0.05, 0.1) is 6.61 Å². The number of aryl methyl sites for hydroxylation is 1. The van der Waals surface area contributed by atoms with Crippen molar-refractivity contribution in [1.29, 1.82) is 0 Å². The SMILES string of the molecule is CCOCC(C)NCc1ccncc1C. The van der Waals surface area contributed by atoms with Crippen LogP contribution < -0.4 is 5.32 Å². The molecule has 1 atom stereocenters. The van der Waals surface area contributed by atoms with Crippen molar-refractivity contribution in [3.05, 3.63) is 29.6 Å². The molecule has 0 spiro atoms. The molecule has 3 heteroatoms. The molecule has 0 saturated heterocycles. The van der Waals surface area contributed by atoms with Gasteiger partial charge in [0.25, 0.3) is 0 Å². The van der Waals surface area contributed by atoms with Gasteiger partial charge in [-0.1, -0.05) is 0 Å². The second-order valence-corrected chi connectivity index (χ2v) is 3.74. The van der Waals surface area contributed by atoms with Crippen molar-refractivity contribution in [3.63, 3.8) is 0 Å². The lowest BCUT2D eigenvalue weighted by atomic mass is 10.1. The molecule has 0 fully saturated rings. The molecule has 1 rings (SSSR count). The third kappa shape index (κ3) is 4.40. The van der Waals surface area contributed by atoms with Crippen LogP contribution in [0, 0.1) is 6.92 Å².